The topological polar surface area (TPSA) is 84.2 Å². The molecule has 0 aliphatic heterocycles. The summed E-state index contributed by atoms with van der Waals surface area (Å²) in [5.74, 6) is -0.311. The Morgan fingerprint density at radius 3 is 2.64 bits per heavy atom. The molecule has 0 bridgehead atoms. The zero-order valence-electron chi connectivity index (χ0n) is 14.7. The minimum Gasteiger partial charge on any atom is -0.351 e. The van der Waals surface area contributed by atoms with Crippen LogP contribution in [0, 0.1) is 13.8 Å². The Labute approximate surface area is 152 Å². The van der Waals surface area contributed by atoms with Gasteiger partial charge in [0.2, 0.25) is 5.91 Å². The number of carbonyl (C=O) groups excluding carboxylic acids is 2. The van der Waals surface area contributed by atoms with E-state index in [0.29, 0.717) is 30.8 Å². The number of para-hydroxylation sites is 1. The molecule has 0 radical (unpaired) electrons. The first-order valence-electron chi connectivity index (χ1n) is 8.44. The number of thiophene rings is 1. The smallest absolute Gasteiger partial charge is 0.253 e. The highest BCUT2D eigenvalue weighted by molar-refractivity contribution is 7.12. The van der Waals surface area contributed by atoms with E-state index in [1.807, 2.05) is 0 Å². The number of nitrogens with one attached hydrogen (secondary N) is 2. The van der Waals surface area contributed by atoms with Crippen molar-refractivity contribution in [3.05, 3.63) is 51.2 Å². The van der Waals surface area contributed by atoms with E-state index in [2.05, 4.69) is 30.5 Å². The van der Waals surface area contributed by atoms with E-state index >= 15 is 0 Å². The third-order valence-electron chi connectivity index (χ3n) is 3.87. The van der Waals surface area contributed by atoms with Gasteiger partial charge in [0.05, 0.1) is 11.3 Å². The van der Waals surface area contributed by atoms with Crippen molar-refractivity contribution in [2.75, 3.05) is 18.4 Å². The van der Waals surface area contributed by atoms with Crippen LogP contribution in [-0.2, 0) is 11.2 Å². The zero-order valence-corrected chi connectivity index (χ0v) is 15.5. The number of carbonyl (C=O) groups is 2. The van der Waals surface area contributed by atoms with Crippen LogP contribution in [0.3, 0.4) is 0 Å². The largest absolute Gasteiger partial charge is 0.351 e. The van der Waals surface area contributed by atoms with Gasteiger partial charge in [-0.25, -0.2) is 0 Å². The summed E-state index contributed by atoms with van der Waals surface area (Å²) in [7, 11) is 0. The molecule has 5 nitrogen and oxygen atoms in total. The maximum Gasteiger partial charge on any atom is 0.253 e. The molecule has 0 unspecified atom stereocenters. The number of hydrogen-bond acceptors (Lipinski definition) is 4. The highest BCUT2D eigenvalue weighted by Crippen LogP contribution is 2.22. The quantitative estimate of drug-likeness (QED) is 0.677. The molecule has 0 saturated heterocycles. The number of anilines is 1. The van der Waals surface area contributed by atoms with Crippen molar-refractivity contribution in [3.63, 3.8) is 0 Å². The van der Waals surface area contributed by atoms with Gasteiger partial charge >= 0.3 is 0 Å². The van der Waals surface area contributed by atoms with Gasteiger partial charge in [-0.15, -0.1) is 11.3 Å². The molecular formula is C19H25N3O2S. The maximum atomic E-state index is 12.2. The lowest BCUT2D eigenvalue weighted by atomic mass is 10.1. The Morgan fingerprint density at radius 1 is 1.20 bits per heavy atom. The van der Waals surface area contributed by atoms with Crippen molar-refractivity contribution in [1.82, 2.24) is 5.32 Å². The predicted molar refractivity (Wildman–Crippen MR) is 103 cm³/mol. The summed E-state index contributed by atoms with van der Waals surface area (Å²) in [4.78, 5) is 27.0. The summed E-state index contributed by atoms with van der Waals surface area (Å²) in [6.45, 7) is 4.99. The van der Waals surface area contributed by atoms with E-state index in [1.165, 1.54) is 15.3 Å². The van der Waals surface area contributed by atoms with Gasteiger partial charge in [-0.05, 0) is 50.5 Å². The van der Waals surface area contributed by atoms with Crippen LogP contribution in [0.15, 0.2) is 30.3 Å². The van der Waals surface area contributed by atoms with Gasteiger partial charge in [0, 0.05) is 29.3 Å². The van der Waals surface area contributed by atoms with Crippen LogP contribution >= 0.6 is 11.3 Å². The molecule has 2 rings (SSSR count). The molecule has 1 aromatic heterocycles. The molecule has 0 aliphatic rings. The molecule has 0 spiro atoms. The molecule has 134 valence electrons. The molecule has 6 heteroatoms. The van der Waals surface area contributed by atoms with Gasteiger partial charge in [0.25, 0.3) is 5.91 Å². The minimum absolute atomic E-state index is 0.0799. The van der Waals surface area contributed by atoms with Crippen molar-refractivity contribution in [2.45, 2.75) is 33.1 Å². The Hall–Kier alpha value is -2.18. The second-order valence-electron chi connectivity index (χ2n) is 5.93. The summed E-state index contributed by atoms with van der Waals surface area (Å²) in [6.07, 6.45) is 2.10. The lowest BCUT2D eigenvalue weighted by Gasteiger charge is -2.11. The van der Waals surface area contributed by atoms with Crippen LogP contribution in [0.4, 0.5) is 5.69 Å². The summed E-state index contributed by atoms with van der Waals surface area (Å²) >= 11 is 1.79. The Bertz CT molecular complexity index is 740. The van der Waals surface area contributed by atoms with Gasteiger partial charge in [0.15, 0.2) is 0 Å². The second-order valence-corrected chi connectivity index (χ2v) is 7.39. The van der Waals surface area contributed by atoms with Crippen LogP contribution in [0.5, 0.6) is 0 Å². The molecule has 0 saturated carbocycles. The highest BCUT2D eigenvalue weighted by atomic mass is 32.1. The fourth-order valence-corrected chi connectivity index (χ4v) is 3.63. The molecule has 0 fully saturated rings. The van der Waals surface area contributed by atoms with Crippen molar-refractivity contribution in [1.29, 1.82) is 0 Å². The first-order chi connectivity index (χ1) is 12.0. The molecular weight excluding hydrogens is 334 g/mol. The SMILES string of the molecule is Cc1cc(CCCC(=O)Nc2ccccc2C(=O)NCCN)c(C)s1. The standard InChI is InChI=1S/C19H25N3O2S/c1-13-12-15(14(2)25-13)6-5-9-18(23)22-17-8-4-3-7-16(17)19(24)21-11-10-20/h3-4,7-8,12H,5-6,9-11,20H2,1-2H3,(H,21,24)(H,22,23). The predicted octanol–water partition coefficient (Wildman–Crippen LogP) is 3.01. The number of aryl methyl sites for hydroxylation is 3. The van der Waals surface area contributed by atoms with Crippen LogP contribution < -0.4 is 16.4 Å². The van der Waals surface area contributed by atoms with E-state index < -0.39 is 0 Å². The molecule has 1 aromatic carbocycles. The fraction of sp³-hybridized carbons (Fsp3) is 0.368. The van der Waals surface area contributed by atoms with Crippen LogP contribution in [0.2, 0.25) is 0 Å². The lowest BCUT2D eigenvalue weighted by Crippen LogP contribution is -2.29. The average molecular weight is 359 g/mol. The van der Waals surface area contributed by atoms with E-state index in [-0.39, 0.29) is 11.8 Å². The van der Waals surface area contributed by atoms with Gasteiger partial charge < -0.3 is 16.4 Å². The number of benzene rings is 1. The number of rotatable bonds is 8. The monoisotopic (exact) mass is 359 g/mol. The first kappa shape index (κ1) is 19.1. The van der Waals surface area contributed by atoms with Gasteiger partial charge in [-0.1, -0.05) is 12.1 Å². The molecule has 1 heterocycles. The van der Waals surface area contributed by atoms with Crippen LogP contribution in [0.25, 0.3) is 0 Å². The lowest BCUT2D eigenvalue weighted by molar-refractivity contribution is -0.116. The molecule has 2 amide bonds. The number of nitrogens with two attached hydrogens (primary N) is 1. The van der Waals surface area contributed by atoms with Gasteiger partial charge in [-0.2, -0.15) is 0 Å². The van der Waals surface area contributed by atoms with Crippen molar-refractivity contribution in [2.24, 2.45) is 5.73 Å². The molecule has 25 heavy (non-hydrogen) atoms. The third kappa shape index (κ3) is 5.69. The van der Waals surface area contributed by atoms with E-state index in [9.17, 15) is 9.59 Å². The molecule has 0 atom stereocenters. The summed E-state index contributed by atoms with van der Waals surface area (Å²) in [5, 5.41) is 5.57. The third-order valence-corrected chi connectivity index (χ3v) is 4.88. The first-order valence-corrected chi connectivity index (χ1v) is 9.26. The number of amides is 2. The second kappa shape index (κ2) is 9.34. The summed E-state index contributed by atoms with van der Waals surface area (Å²) in [5.41, 5.74) is 7.71. The molecule has 2 aromatic rings. The Morgan fingerprint density at radius 2 is 1.96 bits per heavy atom. The highest BCUT2D eigenvalue weighted by Gasteiger charge is 2.12. The fourth-order valence-electron chi connectivity index (χ4n) is 2.65. The summed E-state index contributed by atoms with van der Waals surface area (Å²) in [6, 6.07) is 9.19. The Kier molecular flexibility index (Phi) is 7.16. The number of hydrogen-bond donors (Lipinski definition) is 3. The average Bonchev–Trinajstić information content (AvgIpc) is 2.90. The van der Waals surface area contributed by atoms with Gasteiger partial charge in [0.1, 0.15) is 0 Å². The van der Waals surface area contributed by atoms with Crippen molar-refractivity contribution < 1.29 is 9.59 Å². The summed E-state index contributed by atoms with van der Waals surface area (Å²) < 4.78 is 0. The van der Waals surface area contributed by atoms with Gasteiger partial charge in [-0.3, -0.25) is 9.59 Å². The van der Waals surface area contributed by atoms with E-state index in [4.69, 9.17) is 5.73 Å². The van der Waals surface area contributed by atoms with Crippen molar-refractivity contribution in [3.8, 4) is 0 Å². The normalized spacial score (nSPS) is 10.5. The van der Waals surface area contributed by atoms with E-state index in [1.54, 1.807) is 35.6 Å². The van der Waals surface area contributed by atoms with E-state index in [0.717, 1.165) is 12.8 Å². The van der Waals surface area contributed by atoms with Crippen LogP contribution in [-0.4, -0.2) is 24.9 Å². The molecule has 0 aliphatic carbocycles. The van der Waals surface area contributed by atoms with Crippen molar-refractivity contribution >= 4 is 28.8 Å². The minimum atomic E-state index is -0.231. The molecule has 4 N–H and O–H groups in total. The zero-order chi connectivity index (χ0) is 18.2. The van der Waals surface area contributed by atoms with Crippen LogP contribution in [0.1, 0.15) is 38.5 Å². The Balaban J connectivity index is 1.90. The maximum absolute atomic E-state index is 12.2.